The molecule has 1 aromatic heterocycles. The molecule has 0 fully saturated rings. The zero-order valence-corrected chi connectivity index (χ0v) is 12.8. The highest BCUT2D eigenvalue weighted by Crippen LogP contribution is 2.15. The Hall–Kier alpha value is -1.59. The molecule has 4 nitrogen and oxygen atoms in total. The van der Waals surface area contributed by atoms with Gasteiger partial charge < -0.3 is 15.1 Å². The predicted octanol–water partition coefficient (Wildman–Crippen LogP) is 2.57. The first kappa shape index (κ1) is 14.8. The van der Waals surface area contributed by atoms with Gasteiger partial charge in [0.25, 0.3) is 0 Å². The van der Waals surface area contributed by atoms with Gasteiger partial charge in [-0.3, -0.25) is 4.79 Å². The van der Waals surface area contributed by atoms with Crippen LogP contribution in [0.4, 0.5) is 0 Å². The fraction of sp³-hybridized carbons (Fsp3) is 0.267. The monoisotopic (exact) mass is 336 g/mol. The molecule has 20 heavy (non-hydrogen) atoms. The van der Waals surface area contributed by atoms with Crippen molar-refractivity contribution in [2.75, 3.05) is 7.05 Å². The van der Waals surface area contributed by atoms with Crippen molar-refractivity contribution in [2.24, 2.45) is 5.73 Å². The summed E-state index contributed by atoms with van der Waals surface area (Å²) in [6, 6.07) is 12.9. The summed E-state index contributed by atoms with van der Waals surface area (Å²) in [4.78, 5) is 13.8. The van der Waals surface area contributed by atoms with Gasteiger partial charge in [0.2, 0.25) is 5.91 Å². The summed E-state index contributed by atoms with van der Waals surface area (Å²) >= 11 is 3.24. The number of halogens is 1. The van der Waals surface area contributed by atoms with E-state index in [1.165, 1.54) is 0 Å². The number of amides is 1. The van der Waals surface area contributed by atoms with Crippen LogP contribution in [0, 0.1) is 0 Å². The lowest BCUT2D eigenvalue weighted by molar-refractivity contribution is -0.132. The molecule has 0 aliphatic heterocycles. The molecule has 1 atom stereocenters. The highest BCUT2D eigenvalue weighted by atomic mass is 79.9. The molecule has 0 unspecified atom stereocenters. The minimum atomic E-state index is -0.541. The summed E-state index contributed by atoms with van der Waals surface area (Å²) in [6.07, 6.45) is 0.534. The number of carbonyl (C=O) groups is 1. The van der Waals surface area contributed by atoms with Gasteiger partial charge in [-0.25, -0.2) is 0 Å². The van der Waals surface area contributed by atoms with Gasteiger partial charge in [0.1, 0.15) is 5.76 Å². The van der Waals surface area contributed by atoms with E-state index in [0.717, 1.165) is 11.3 Å². The number of carbonyl (C=O) groups excluding carboxylic acids is 1. The van der Waals surface area contributed by atoms with Crippen LogP contribution in [-0.2, 0) is 17.8 Å². The number of rotatable bonds is 5. The van der Waals surface area contributed by atoms with E-state index in [1.807, 2.05) is 36.4 Å². The Morgan fingerprint density at radius 3 is 2.60 bits per heavy atom. The third-order valence-electron chi connectivity index (χ3n) is 3.01. The van der Waals surface area contributed by atoms with E-state index in [0.29, 0.717) is 17.6 Å². The molecule has 2 N–H and O–H groups in total. The van der Waals surface area contributed by atoms with Crippen molar-refractivity contribution < 1.29 is 9.21 Å². The molecule has 106 valence electrons. The molecule has 0 bridgehead atoms. The van der Waals surface area contributed by atoms with Crippen molar-refractivity contribution in [2.45, 2.75) is 19.0 Å². The molecule has 1 amide bonds. The van der Waals surface area contributed by atoms with Crippen LogP contribution in [0.25, 0.3) is 0 Å². The fourth-order valence-corrected chi connectivity index (χ4v) is 2.33. The fourth-order valence-electron chi connectivity index (χ4n) is 1.99. The number of nitrogens with zero attached hydrogens (tertiary/aromatic N) is 1. The second-order valence-corrected chi connectivity index (χ2v) is 5.48. The van der Waals surface area contributed by atoms with Crippen LogP contribution < -0.4 is 5.73 Å². The Morgan fingerprint density at radius 1 is 1.30 bits per heavy atom. The summed E-state index contributed by atoms with van der Waals surface area (Å²) in [5.74, 6) is 0.626. The lowest BCUT2D eigenvalue weighted by Crippen LogP contribution is -2.42. The molecule has 0 saturated heterocycles. The number of furan rings is 1. The molecule has 0 spiro atoms. The van der Waals surface area contributed by atoms with Crippen LogP contribution in [0.5, 0.6) is 0 Å². The first-order valence-electron chi connectivity index (χ1n) is 6.35. The van der Waals surface area contributed by atoms with Crippen molar-refractivity contribution in [3.8, 4) is 0 Å². The maximum Gasteiger partial charge on any atom is 0.239 e. The molecule has 0 aliphatic rings. The van der Waals surface area contributed by atoms with Gasteiger partial charge in [0.15, 0.2) is 4.67 Å². The number of benzene rings is 1. The molecule has 0 aliphatic carbocycles. The minimum Gasteiger partial charge on any atom is -0.452 e. The van der Waals surface area contributed by atoms with Crippen molar-refractivity contribution in [3.63, 3.8) is 0 Å². The smallest absolute Gasteiger partial charge is 0.239 e. The van der Waals surface area contributed by atoms with E-state index in [1.54, 1.807) is 18.0 Å². The minimum absolute atomic E-state index is 0.0959. The second-order valence-electron chi connectivity index (χ2n) is 4.70. The molecular weight excluding hydrogens is 320 g/mol. The zero-order valence-electron chi connectivity index (χ0n) is 11.3. The molecule has 2 aromatic rings. The van der Waals surface area contributed by atoms with Crippen molar-refractivity contribution >= 4 is 21.8 Å². The standard InChI is InChI=1S/C15H17BrN2O2/c1-18(10-12-7-8-14(16)20-12)15(19)13(17)9-11-5-3-2-4-6-11/h2-8,13H,9-10,17H2,1H3/t13-/m1/s1. The lowest BCUT2D eigenvalue weighted by atomic mass is 10.1. The first-order chi connectivity index (χ1) is 9.56. The van der Waals surface area contributed by atoms with Crippen molar-refractivity contribution in [1.82, 2.24) is 4.90 Å². The van der Waals surface area contributed by atoms with Crippen LogP contribution in [0.15, 0.2) is 51.6 Å². The largest absolute Gasteiger partial charge is 0.452 e. The van der Waals surface area contributed by atoms with Crippen LogP contribution >= 0.6 is 15.9 Å². The molecular formula is C15H17BrN2O2. The van der Waals surface area contributed by atoms with E-state index in [-0.39, 0.29) is 5.91 Å². The number of likely N-dealkylation sites (N-methyl/N-ethyl adjacent to an activating group) is 1. The van der Waals surface area contributed by atoms with Crippen LogP contribution in [0.3, 0.4) is 0 Å². The van der Waals surface area contributed by atoms with E-state index in [2.05, 4.69) is 15.9 Å². The molecule has 1 aromatic carbocycles. The number of nitrogens with two attached hydrogens (primary N) is 1. The van der Waals surface area contributed by atoms with Crippen LogP contribution in [0.2, 0.25) is 0 Å². The van der Waals surface area contributed by atoms with Gasteiger partial charge in [-0.05, 0) is 40.0 Å². The average molecular weight is 337 g/mol. The summed E-state index contributed by atoms with van der Waals surface area (Å²) in [5.41, 5.74) is 7.04. The van der Waals surface area contributed by atoms with Gasteiger partial charge in [-0.2, -0.15) is 0 Å². The highest BCUT2D eigenvalue weighted by molar-refractivity contribution is 9.10. The van der Waals surface area contributed by atoms with E-state index in [4.69, 9.17) is 10.2 Å². The Morgan fingerprint density at radius 2 is 2.00 bits per heavy atom. The molecule has 0 saturated carbocycles. The van der Waals surface area contributed by atoms with Crippen molar-refractivity contribution in [3.05, 3.63) is 58.5 Å². The van der Waals surface area contributed by atoms with E-state index < -0.39 is 6.04 Å². The van der Waals surface area contributed by atoms with Gasteiger partial charge in [0.05, 0.1) is 12.6 Å². The molecule has 1 heterocycles. The van der Waals surface area contributed by atoms with Gasteiger partial charge in [-0.1, -0.05) is 30.3 Å². The maximum atomic E-state index is 12.2. The molecule has 5 heteroatoms. The Kier molecular flexibility index (Phi) is 4.98. The average Bonchev–Trinajstić information content (AvgIpc) is 2.84. The van der Waals surface area contributed by atoms with Crippen LogP contribution in [0.1, 0.15) is 11.3 Å². The Balaban J connectivity index is 1.92. The summed E-state index contributed by atoms with van der Waals surface area (Å²) in [7, 11) is 1.73. The highest BCUT2D eigenvalue weighted by Gasteiger charge is 2.19. The SMILES string of the molecule is CN(Cc1ccc(Br)o1)C(=O)[C@H](N)Cc1ccccc1. The normalized spacial score (nSPS) is 12.2. The third kappa shape index (κ3) is 3.95. The summed E-state index contributed by atoms with van der Waals surface area (Å²) < 4.78 is 6.04. The topological polar surface area (TPSA) is 59.5 Å². The van der Waals surface area contributed by atoms with Crippen LogP contribution in [-0.4, -0.2) is 23.9 Å². The predicted molar refractivity (Wildman–Crippen MR) is 81.0 cm³/mol. The Labute approximate surface area is 126 Å². The first-order valence-corrected chi connectivity index (χ1v) is 7.14. The number of hydrogen-bond acceptors (Lipinski definition) is 3. The quantitative estimate of drug-likeness (QED) is 0.912. The van der Waals surface area contributed by atoms with Gasteiger partial charge in [0, 0.05) is 7.05 Å². The third-order valence-corrected chi connectivity index (χ3v) is 3.44. The lowest BCUT2D eigenvalue weighted by Gasteiger charge is -2.20. The maximum absolute atomic E-state index is 12.2. The second kappa shape index (κ2) is 6.72. The van der Waals surface area contributed by atoms with Crippen molar-refractivity contribution in [1.29, 1.82) is 0 Å². The van der Waals surface area contributed by atoms with Gasteiger partial charge >= 0.3 is 0 Å². The zero-order chi connectivity index (χ0) is 14.5. The van der Waals surface area contributed by atoms with E-state index >= 15 is 0 Å². The molecule has 0 radical (unpaired) electrons. The van der Waals surface area contributed by atoms with E-state index in [9.17, 15) is 4.79 Å². The summed E-state index contributed by atoms with van der Waals surface area (Å²) in [5, 5.41) is 0. The molecule has 2 rings (SSSR count). The Bertz CT molecular complexity index is 568. The summed E-state index contributed by atoms with van der Waals surface area (Å²) in [6.45, 7) is 0.410. The van der Waals surface area contributed by atoms with Gasteiger partial charge in [-0.15, -0.1) is 0 Å². The number of hydrogen-bond donors (Lipinski definition) is 1.